The van der Waals surface area contributed by atoms with Crippen LogP contribution in [0.25, 0.3) is 0 Å². The molecule has 0 unspecified atom stereocenters. The van der Waals surface area contributed by atoms with Crippen molar-refractivity contribution >= 4 is 17.5 Å². The van der Waals surface area contributed by atoms with Gasteiger partial charge in [0.15, 0.2) is 0 Å². The molecule has 1 aromatic heterocycles. The van der Waals surface area contributed by atoms with Crippen molar-refractivity contribution in [2.24, 2.45) is 0 Å². The van der Waals surface area contributed by atoms with Gasteiger partial charge in [0.1, 0.15) is 18.0 Å². The van der Waals surface area contributed by atoms with Crippen LogP contribution in [0.5, 0.6) is 5.75 Å². The molecule has 1 aliphatic heterocycles. The smallest absolute Gasteiger partial charge is 0.278 e. The van der Waals surface area contributed by atoms with Crippen LogP contribution in [0.2, 0.25) is 0 Å². The average Bonchev–Trinajstić information content (AvgIpc) is 3.14. The van der Waals surface area contributed by atoms with E-state index in [1.165, 1.54) is 12.1 Å². The third kappa shape index (κ3) is 4.39. The zero-order valence-corrected chi connectivity index (χ0v) is 17.9. The molecule has 3 aromatic rings. The maximum atomic E-state index is 13.2. The Balaban J connectivity index is 1.47. The lowest BCUT2D eigenvalue weighted by Crippen LogP contribution is -2.38. The first-order chi connectivity index (χ1) is 15.5. The summed E-state index contributed by atoms with van der Waals surface area (Å²) in [6.07, 6.45) is 0.758. The van der Waals surface area contributed by atoms with E-state index in [-0.39, 0.29) is 36.6 Å². The fourth-order valence-electron chi connectivity index (χ4n) is 3.85. The number of ether oxygens (including phenoxy) is 1. The third-order valence-corrected chi connectivity index (χ3v) is 5.43. The lowest BCUT2D eigenvalue weighted by molar-refractivity contribution is -0.122. The molecule has 1 N–H and O–H groups in total. The van der Waals surface area contributed by atoms with Crippen LogP contribution in [0, 0.1) is 0 Å². The van der Waals surface area contributed by atoms with E-state index >= 15 is 0 Å². The lowest BCUT2D eigenvalue weighted by atomic mass is 10.1. The Morgan fingerprint density at radius 3 is 2.75 bits per heavy atom. The van der Waals surface area contributed by atoms with Crippen LogP contribution in [-0.4, -0.2) is 34.7 Å². The monoisotopic (exact) mass is 432 g/mol. The van der Waals surface area contributed by atoms with Crippen LogP contribution < -0.4 is 20.5 Å². The molecule has 0 fully saturated rings. The van der Waals surface area contributed by atoms with Gasteiger partial charge in [-0.2, -0.15) is 5.10 Å². The number of benzene rings is 2. The number of aromatic nitrogens is 2. The van der Waals surface area contributed by atoms with Crippen molar-refractivity contribution in [3.8, 4) is 5.75 Å². The van der Waals surface area contributed by atoms with Crippen LogP contribution in [0.15, 0.2) is 65.5 Å². The number of fused-ring (bicyclic) bond motifs is 1. The second-order valence-corrected chi connectivity index (χ2v) is 7.70. The zero-order valence-electron chi connectivity index (χ0n) is 17.9. The second kappa shape index (κ2) is 9.05. The molecule has 2 amide bonds. The number of hydrogen-bond donors (Lipinski definition) is 1. The van der Waals surface area contributed by atoms with E-state index < -0.39 is 5.56 Å². The van der Waals surface area contributed by atoms with Crippen molar-refractivity contribution in [2.75, 3.05) is 12.0 Å². The number of nitrogens with zero attached hydrogens (tertiary/aromatic N) is 3. The molecule has 4 rings (SSSR count). The predicted molar refractivity (Wildman–Crippen MR) is 120 cm³/mol. The molecular formula is C24H24N4O4. The summed E-state index contributed by atoms with van der Waals surface area (Å²) in [7, 11) is 1.57. The number of nitrogens with one attached hydrogen (secondary N) is 1. The molecule has 2 aromatic carbocycles. The quantitative estimate of drug-likeness (QED) is 0.644. The Labute approximate surface area is 185 Å². The molecule has 1 aliphatic rings. The summed E-state index contributed by atoms with van der Waals surface area (Å²) in [4.78, 5) is 39.5. The van der Waals surface area contributed by atoms with Crippen molar-refractivity contribution in [1.82, 2.24) is 15.1 Å². The van der Waals surface area contributed by atoms with E-state index in [0.29, 0.717) is 5.75 Å². The number of anilines is 1. The number of rotatable bonds is 6. The summed E-state index contributed by atoms with van der Waals surface area (Å²) >= 11 is 0. The molecule has 0 aliphatic carbocycles. The van der Waals surface area contributed by atoms with Crippen LogP contribution in [0.1, 0.15) is 28.5 Å². The van der Waals surface area contributed by atoms with E-state index in [1.807, 2.05) is 55.5 Å². The Bertz CT molecular complexity index is 1220. The minimum atomic E-state index is -0.451. The Hall–Kier alpha value is -3.94. The molecule has 8 heteroatoms. The molecule has 0 bridgehead atoms. The fourth-order valence-corrected chi connectivity index (χ4v) is 3.85. The number of amides is 2. The zero-order chi connectivity index (χ0) is 22.7. The van der Waals surface area contributed by atoms with Gasteiger partial charge in [0, 0.05) is 24.3 Å². The summed E-state index contributed by atoms with van der Waals surface area (Å²) in [6.45, 7) is 1.97. The molecule has 32 heavy (non-hydrogen) atoms. The molecule has 0 saturated carbocycles. The molecular weight excluding hydrogens is 408 g/mol. The topological polar surface area (TPSA) is 93.5 Å². The predicted octanol–water partition coefficient (Wildman–Crippen LogP) is 2.16. The van der Waals surface area contributed by atoms with Gasteiger partial charge in [-0.15, -0.1) is 0 Å². The molecule has 1 atom stereocenters. The maximum absolute atomic E-state index is 13.2. The minimum absolute atomic E-state index is 0.0201. The number of carbonyl (C=O) groups is 2. The molecule has 0 spiro atoms. The van der Waals surface area contributed by atoms with Crippen molar-refractivity contribution in [2.45, 2.75) is 32.5 Å². The normalized spacial score (nSPS) is 14.7. The Morgan fingerprint density at radius 2 is 1.94 bits per heavy atom. The Morgan fingerprint density at radius 1 is 1.12 bits per heavy atom. The van der Waals surface area contributed by atoms with E-state index in [9.17, 15) is 14.4 Å². The highest BCUT2D eigenvalue weighted by atomic mass is 16.5. The molecule has 164 valence electrons. The second-order valence-electron chi connectivity index (χ2n) is 7.70. The van der Waals surface area contributed by atoms with Crippen molar-refractivity contribution in [1.29, 1.82) is 0 Å². The lowest BCUT2D eigenvalue weighted by Gasteiger charge is -2.22. The van der Waals surface area contributed by atoms with Gasteiger partial charge in [0.25, 0.3) is 11.5 Å². The minimum Gasteiger partial charge on any atom is -0.497 e. The SMILES string of the molecule is COc1cccc(CNC(=O)Cn2nc(C(=O)N3c4ccccc4C[C@@H]3C)ccc2=O)c1. The van der Waals surface area contributed by atoms with Crippen LogP contribution in [0.4, 0.5) is 5.69 Å². The standard InChI is InChI=1S/C24H24N4O4/c1-16-12-18-7-3-4-9-21(18)28(16)24(31)20-10-11-23(30)27(26-20)15-22(29)25-14-17-6-5-8-19(13-17)32-2/h3-11,13,16H,12,14-15H2,1-2H3,(H,25,29)/t16-/m0/s1. The first kappa shape index (κ1) is 21.3. The van der Waals surface area contributed by atoms with Gasteiger partial charge in [0.05, 0.1) is 7.11 Å². The van der Waals surface area contributed by atoms with Gasteiger partial charge in [-0.25, -0.2) is 4.68 Å². The first-order valence-electron chi connectivity index (χ1n) is 10.4. The first-order valence-corrected chi connectivity index (χ1v) is 10.4. The van der Waals surface area contributed by atoms with Crippen molar-refractivity contribution in [3.63, 3.8) is 0 Å². The fraction of sp³-hybridized carbons (Fsp3) is 0.250. The molecule has 0 saturated heterocycles. The Kier molecular flexibility index (Phi) is 6.02. The molecule has 2 heterocycles. The van der Waals surface area contributed by atoms with Gasteiger partial charge in [0.2, 0.25) is 5.91 Å². The van der Waals surface area contributed by atoms with E-state index in [4.69, 9.17) is 4.74 Å². The largest absolute Gasteiger partial charge is 0.497 e. The summed E-state index contributed by atoms with van der Waals surface area (Å²) in [5.74, 6) is 0.0125. The summed E-state index contributed by atoms with van der Waals surface area (Å²) in [5.41, 5.74) is 2.48. The highest BCUT2D eigenvalue weighted by molar-refractivity contribution is 6.06. The van der Waals surface area contributed by atoms with Gasteiger partial charge in [-0.05, 0) is 48.7 Å². The number of carbonyl (C=O) groups excluding carboxylic acids is 2. The molecule has 0 radical (unpaired) electrons. The summed E-state index contributed by atoms with van der Waals surface area (Å²) in [6, 6.07) is 17.7. The van der Waals surface area contributed by atoms with Gasteiger partial charge in [-0.3, -0.25) is 14.4 Å². The van der Waals surface area contributed by atoms with Crippen molar-refractivity contribution < 1.29 is 14.3 Å². The maximum Gasteiger partial charge on any atom is 0.278 e. The highest BCUT2D eigenvalue weighted by Gasteiger charge is 2.32. The van der Waals surface area contributed by atoms with Gasteiger partial charge >= 0.3 is 0 Å². The van der Waals surface area contributed by atoms with E-state index in [0.717, 1.165) is 27.9 Å². The van der Waals surface area contributed by atoms with Crippen LogP contribution in [-0.2, 0) is 24.3 Å². The van der Waals surface area contributed by atoms with Gasteiger partial charge < -0.3 is 15.0 Å². The third-order valence-electron chi connectivity index (χ3n) is 5.43. The van der Waals surface area contributed by atoms with Crippen LogP contribution in [0.3, 0.4) is 0 Å². The van der Waals surface area contributed by atoms with Gasteiger partial charge in [-0.1, -0.05) is 30.3 Å². The van der Waals surface area contributed by atoms with Crippen molar-refractivity contribution in [3.05, 3.63) is 87.8 Å². The molecule has 8 nitrogen and oxygen atoms in total. The number of para-hydroxylation sites is 1. The number of hydrogen-bond acceptors (Lipinski definition) is 5. The highest BCUT2D eigenvalue weighted by Crippen LogP contribution is 2.32. The average molecular weight is 432 g/mol. The van der Waals surface area contributed by atoms with E-state index in [2.05, 4.69) is 10.4 Å². The summed E-state index contributed by atoms with van der Waals surface area (Å²) in [5, 5.41) is 6.94. The number of methoxy groups -OCH3 is 1. The summed E-state index contributed by atoms with van der Waals surface area (Å²) < 4.78 is 6.19. The van der Waals surface area contributed by atoms with Crippen LogP contribution >= 0.6 is 0 Å². The van der Waals surface area contributed by atoms with E-state index in [1.54, 1.807) is 12.0 Å².